The van der Waals surface area contributed by atoms with Gasteiger partial charge in [-0.05, 0) is 52.6 Å². The van der Waals surface area contributed by atoms with Crippen molar-refractivity contribution in [2.24, 2.45) is 17.5 Å². The maximum absolute atomic E-state index is 12.7. The first-order valence-corrected chi connectivity index (χ1v) is 8.68. The van der Waals surface area contributed by atoms with Crippen molar-refractivity contribution in [3.05, 3.63) is 35.4 Å². The zero-order valence-corrected chi connectivity index (χ0v) is 15.7. The van der Waals surface area contributed by atoms with E-state index in [2.05, 4.69) is 0 Å². The molecule has 4 N–H and O–H groups in total. The first-order chi connectivity index (χ1) is 11.6. The Morgan fingerprint density at radius 2 is 1.76 bits per heavy atom. The number of aryl methyl sites for hydroxylation is 1. The number of hydrogen-bond donors (Lipinski definition) is 2. The van der Waals surface area contributed by atoms with Crippen molar-refractivity contribution in [1.82, 2.24) is 5.01 Å². The standard InChI is InChI=1S/C19H31N3O3/c1-14-8-10-15(11-9-14)13-22(21)17(23)16(7-5-6-12-20)18(24)25-19(2,3)4/h8-11,16H,5-7,12-13,20-21H2,1-4H3. The second-order valence-corrected chi connectivity index (χ2v) is 7.32. The average Bonchev–Trinajstić information content (AvgIpc) is 2.51. The van der Waals surface area contributed by atoms with Crippen LogP contribution in [0.5, 0.6) is 0 Å². The zero-order chi connectivity index (χ0) is 19.0. The fourth-order valence-corrected chi connectivity index (χ4v) is 2.38. The minimum absolute atomic E-state index is 0.245. The number of hydrazine groups is 1. The number of benzene rings is 1. The first-order valence-electron chi connectivity index (χ1n) is 8.68. The van der Waals surface area contributed by atoms with E-state index in [1.807, 2.05) is 31.2 Å². The lowest BCUT2D eigenvalue weighted by molar-refractivity contribution is -0.165. The number of nitrogens with two attached hydrogens (primary N) is 2. The van der Waals surface area contributed by atoms with Crippen LogP contribution < -0.4 is 11.6 Å². The van der Waals surface area contributed by atoms with Gasteiger partial charge >= 0.3 is 5.97 Å². The van der Waals surface area contributed by atoms with Gasteiger partial charge in [-0.25, -0.2) is 5.84 Å². The third kappa shape index (κ3) is 7.67. The highest BCUT2D eigenvalue weighted by Crippen LogP contribution is 2.18. The van der Waals surface area contributed by atoms with E-state index in [9.17, 15) is 9.59 Å². The van der Waals surface area contributed by atoms with E-state index in [1.165, 1.54) is 0 Å². The Bertz CT molecular complexity index is 564. The number of carbonyl (C=O) groups excluding carboxylic acids is 2. The predicted molar refractivity (Wildman–Crippen MR) is 98.2 cm³/mol. The molecule has 25 heavy (non-hydrogen) atoms. The van der Waals surface area contributed by atoms with Gasteiger partial charge in [0.25, 0.3) is 5.91 Å². The van der Waals surface area contributed by atoms with E-state index in [0.717, 1.165) is 22.6 Å². The smallest absolute Gasteiger partial charge is 0.319 e. The molecule has 0 saturated carbocycles. The molecule has 1 aromatic carbocycles. The highest BCUT2D eigenvalue weighted by atomic mass is 16.6. The lowest BCUT2D eigenvalue weighted by atomic mass is 10.00. The Morgan fingerprint density at radius 1 is 1.16 bits per heavy atom. The average molecular weight is 349 g/mol. The molecule has 6 heteroatoms. The summed E-state index contributed by atoms with van der Waals surface area (Å²) in [5.41, 5.74) is 6.89. The molecule has 1 atom stereocenters. The summed E-state index contributed by atoms with van der Waals surface area (Å²) in [4.78, 5) is 25.1. The number of carbonyl (C=O) groups is 2. The Labute approximate surface area is 150 Å². The highest BCUT2D eigenvalue weighted by molar-refractivity contribution is 5.97. The lowest BCUT2D eigenvalue weighted by Gasteiger charge is -2.26. The van der Waals surface area contributed by atoms with Crippen LogP contribution in [-0.2, 0) is 20.9 Å². The van der Waals surface area contributed by atoms with Crippen molar-refractivity contribution in [3.63, 3.8) is 0 Å². The second-order valence-electron chi connectivity index (χ2n) is 7.32. The SMILES string of the molecule is Cc1ccc(CN(N)C(=O)C(CCCCN)C(=O)OC(C)(C)C)cc1. The number of rotatable bonds is 8. The largest absolute Gasteiger partial charge is 0.459 e. The molecule has 0 radical (unpaired) electrons. The molecule has 6 nitrogen and oxygen atoms in total. The van der Waals surface area contributed by atoms with E-state index in [0.29, 0.717) is 19.4 Å². The summed E-state index contributed by atoms with van der Waals surface area (Å²) < 4.78 is 5.39. The Kier molecular flexibility index (Phi) is 8.06. The fourth-order valence-electron chi connectivity index (χ4n) is 2.38. The molecular weight excluding hydrogens is 318 g/mol. The van der Waals surface area contributed by atoms with Crippen molar-refractivity contribution in [2.45, 2.75) is 59.1 Å². The van der Waals surface area contributed by atoms with Gasteiger partial charge in [0.2, 0.25) is 0 Å². The summed E-state index contributed by atoms with van der Waals surface area (Å²) in [6.07, 6.45) is 1.80. The Balaban J connectivity index is 2.81. The third-order valence-corrected chi connectivity index (χ3v) is 3.69. The molecule has 1 amide bonds. The quantitative estimate of drug-likeness (QED) is 0.187. The molecular formula is C19H31N3O3. The van der Waals surface area contributed by atoms with Crippen LogP contribution in [0.25, 0.3) is 0 Å². The topological polar surface area (TPSA) is 98.6 Å². The minimum Gasteiger partial charge on any atom is -0.459 e. The van der Waals surface area contributed by atoms with Gasteiger partial charge in [0.05, 0.1) is 6.54 Å². The van der Waals surface area contributed by atoms with Crippen LogP contribution in [-0.4, -0.2) is 29.0 Å². The minimum atomic E-state index is -0.902. The van der Waals surface area contributed by atoms with Crippen LogP contribution in [0.15, 0.2) is 24.3 Å². The molecule has 1 aromatic rings. The summed E-state index contributed by atoms with van der Waals surface area (Å²) in [5, 5.41) is 1.10. The zero-order valence-electron chi connectivity index (χ0n) is 15.7. The fraction of sp³-hybridized carbons (Fsp3) is 0.579. The van der Waals surface area contributed by atoms with Gasteiger partial charge in [-0.15, -0.1) is 0 Å². The molecule has 1 unspecified atom stereocenters. The number of amides is 1. The van der Waals surface area contributed by atoms with Crippen molar-refractivity contribution in [3.8, 4) is 0 Å². The van der Waals surface area contributed by atoms with E-state index < -0.39 is 23.4 Å². The van der Waals surface area contributed by atoms with Gasteiger partial charge in [0, 0.05) is 0 Å². The Morgan fingerprint density at radius 3 is 2.28 bits per heavy atom. The first kappa shape index (κ1) is 21.1. The van der Waals surface area contributed by atoms with Crippen molar-refractivity contribution < 1.29 is 14.3 Å². The number of esters is 1. The van der Waals surface area contributed by atoms with Gasteiger partial charge < -0.3 is 10.5 Å². The summed E-state index contributed by atoms with van der Waals surface area (Å²) in [7, 11) is 0. The molecule has 0 saturated heterocycles. The summed E-state index contributed by atoms with van der Waals surface area (Å²) >= 11 is 0. The molecule has 0 aliphatic heterocycles. The molecule has 0 aliphatic carbocycles. The van der Waals surface area contributed by atoms with Crippen LogP contribution in [0.3, 0.4) is 0 Å². The monoisotopic (exact) mass is 349 g/mol. The van der Waals surface area contributed by atoms with E-state index in [4.69, 9.17) is 16.3 Å². The highest BCUT2D eigenvalue weighted by Gasteiger charge is 2.33. The molecule has 0 aliphatic rings. The lowest BCUT2D eigenvalue weighted by Crippen LogP contribution is -2.45. The van der Waals surface area contributed by atoms with Crippen LogP contribution in [0.2, 0.25) is 0 Å². The maximum atomic E-state index is 12.7. The maximum Gasteiger partial charge on any atom is 0.319 e. The molecule has 0 spiro atoms. The van der Waals surface area contributed by atoms with Gasteiger partial charge in [0.1, 0.15) is 11.5 Å². The van der Waals surface area contributed by atoms with Gasteiger partial charge in [-0.3, -0.25) is 14.6 Å². The van der Waals surface area contributed by atoms with Gasteiger partial charge in [-0.2, -0.15) is 0 Å². The molecule has 140 valence electrons. The van der Waals surface area contributed by atoms with Gasteiger partial charge in [-0.1, -0.05) is 36.2 Å². The van der Waals surface area contributed by atoms with Crippen molar-refractivity contribution in [2.75, 3.05) is 6.54 Å². The Hall–Kier alpha value is -1.92. The van der Waals surface area contributed by atoms with Crippen molar-refractivity contribution in [1.29, 1.82) is 0 Å². The number of hydrogen-bond acceptors (Lipinski definition) is 5. The van der Waals surface area contributed by atoms with Gasteiger partial charge in [0.15, 0.2) is 0 Å². The predicted octanol–water partition coefficient (Wildman–Crippen LogP) is 2.28. The normalized spacial score (nSPS) is 12.6. The summed E-state index contributed by atoms with van der Waals surface area (Å²) in [5.74, 6) is 4.09. The number of ether oxygens (including phenoxy) is 1. The van der Waals surface area contributed by atoms with Crippen LogP contribution >= 0.6 is 0 Å². The molecule has 0 fully saturated rings. The molecule has 1 rings (SSSR count). The van der Waals surface area contributed by atoms with Crippen LogP contribution in [0.1, 0.15) is 51.2 Å². The molecule has 0 bridgehead atoms. The second kappa shape index (κ2) is 9.53. The van der Waals surface area contributed by atoms with E-state index >= 15 is 0 Å². The summed E-state index contributed by atoms with van der Waals surface area (Å²) in [6, 6.07) is 7.75. The molecule has 0 aromatic heterocycles. The summed E-state index contributed by atoms with van der Waals surface area (Å²) in [6.45, 7) is 8.09. The van der Waals surface area contributed by atoms with Crippen molar-refractivity contribution >= 4 is 11.9 Å². The molecule has 0 heterocycles. The third-order valence-electron chi connectivity index (χ3n) is 3.69. The number of nitrogens with zero attached hydrogens (tertiary/aromatic N) is 1. The van der Waals surface area contributed by atoms with E-state index in [-0.39, 0.29) is 6.54 Å². The van der Waals surface area contributed by atoms with E-state index in [1.54, 1.807) is 20.8 Å². The van der Waals surface area contributed by atoms with Crippen LogP contribution in [0, 0.1) is 12.8 Å². The van der Waals surface area contributed by atoms with Crippen LogP contribution in [0.4, 0.5) is 0 Å². The number of unbranched alkanes of at least 4 members (excludes halogenated alkanes) is 1.